The SMILES string of the molecule is CN(C)CCCNCCOCc1ccccc1. The smallest absolute Gasteiger partial charge is 0.0717 e. The fourth-order valence-corrected chi connectivity index (χ4v) is 1.55. The summed E-state index contributed by atoms with van der Waals surface area (Å²) in [5.41, 5.74) is 1.24. The molecule has 0 radical (unpaired) electrons. The lowest BCUT2D eigenvalue weighted by Crippen LogP contribution is -2.24. The molecule has 0 bridgehead atoms. The van der Waals surface area contributed by atoms with Crippen molar-refractivity contribution < 1.29 is 4.74 Å². The van der Waals surface area contributed by atoms with Gasteiger partial charge in [-0.2, -0.15) is 0 Å². The van der Waals surface area contributed by atoms with E-state index in [0.29, 0.717) is 6.61 Å². The molecule has 0 saturated heterocycles. The molecule has 1 aromatic rings. The van der Waals surface area contributed by atoms with Crippen LogP contribution in [0.2, 0.25) is 0 Å². The number of benzene rings is 1. The van der Waals surface area contributed by atoms with Gasteiger partial charge in [0.1, 0.15) is 0 Å². The minimum absolute atomic E-state index is 0.709. The van der Waals surface area contributed by atoms with Gasteiger partial charge in [0.05, 0.1) is 13.2 Å². The molecule has 0 aliphatic carbocycles. The van der Waals surface area contributed by atoms with Gasteiger partial charge in [0, 0.05) is 6.54 Å². The standard InChI is InChI=1S/C14H24N2O/c1-16(2)11-6-9-15-10-12-17-13-14-7-4-3-5-8-14/h3-5,7-8,15H,6,9-13H2,1-2H3. The van der Waals surface area contributed by atoms with Crippen LogP contribution < -0.4 is 5.32 Å². The van der Waals surface area contributed by atoms with Gasteiger partial charge in [-0.3, -0.25) is 0 Å². The molecule has 0 atom stereocenters. The van der Waals surface area contributed by atoms with Gasteiger partial charge in [0.2, 0.25) is 0 Å². The Balaban J connectivity index is 1.88. The van der Waals surface area contributed by atoms with Crippen LogP contribution in [0.15, 0.2) is 30.3 Å². The molecule has 3 heteroatoms. The van der Waals surface area contributed by atoms with Crippen molar-refractivity contribution in [3.05, 3.63) is 35.9 Å². The van der Waals surface area contributed by atoms with E-state index in [-0.39, 0.29) is 0 Å². The molecular formula is C14H24N2O. The highest BCUT2D eigenvalue weighted by Gasteiger charge is 1.93. The van der Waals surface area contributed by atoms with Crippen LogP contribution in [-0.2, 0) is 11.3 Å². The molecule has 0 aliphatic rings. The maximum absolute atomic E-state index is 5.57. The highest BCUT2D eigenvalue weighted by Crippen LogP contribution is 1.99. The summed E-state index contributed by atoms with van der Waals surface area (Å²) >= 11 is 0. The van der Waals surface area contributed by atoms with Crippen LogP contribution >= 0.6 is 0 Å². The van der Waals surface area contributed by atoms with E-state index in [0.717, 1.165) is 26.2 Å². The molecule has 1 aromatic carbocycles. The van der Waals surface area contributed by atoms with Crippen LogP contribution in [0.4, 0.5) is 0 Å². The quantitative estimate of drug-likeness (QED) is 0.661. The predicted octanol–water partition coefficient (Wildman–Crippen LogP) is 1.74. The fourth-order valence-electron chi connectivity index (χ4n) is 1.55. The summed E-state index contributed by atoms with van der Waals surface area (Å²) in [4.78, 5) is 2.20. The maximum atomic E-state index is 5.57. The van der Waals surface area contributed by atoms with E-state index in [1.54, 1.807) is 0 Å². The highest BCUT2D eigenvalue weighted by atomic mass is 16.5. The molecule has 0 aliphatic heterocycles. The van der Waals surface area contributed by atoms with Gasteiger partial charge >= 0.3 is 0 Å². The van der Waals surface area contributed by atoms with Crippen LogP contribution in [0.5, 0.6) is 0 Å². The van der Waals surface area contributed by atoms with Gasteiger partial charge in [0.25, 0.3) is 0 Å². The Morgan fingerprint density at radius 3 is 2.59 bits per heavy atom. The van der Waals surface area contributed by atoms with E-state index >= 15 is 0 Å². The first-order chi connectivity index (χ1) is 8.29. The van der Waals surface area contributed by atoms with Crippen molar-refractivity contribution in [2.45, 2.75) is 13.0 Å². The Hall–Kier alpha value is -0.900. The molecular weight excluding hydrogens is 212 g/mol. The van der Waals surface area contributed by atoms with Crippen molar-refractivity contribution in [3.8, 4) is 0 Å². The molecule has 0 saturated carbocycles. The minimum Gasteiger partial charge on any atom is -0.375 e. The summed E-state index contributed by atoms with van der Waals surface area (Å²) in [5.74, 6) is 0. The third-order valence-corrected chi connectivity index (χ3v) is 2.49. The average Bonchev–Trinajstić information content (AvgIpc) is 2.33. The lowest BCUT2D eigenvalue weighted by molar-refractivity contribution is 0.122. The largest absolute Gasteiger partial charge is 0.375 e. The van der Waals surface area contributed by atoms with Crippen LogP contribution in [0.1, 0.15) is 12.0 Å². The summed E-state index contributed by atoms with van der Waals surface area (Å²) in [6, 6.07) is 10.3. The van der Waals surface area contributed by atoms with E-state index in [1.165, 1.54) is 12.0 Å². The maximum Gasteiger partial charge on any atom is 0.0717 e. The molecule has 96 valence electrons. The first kappa shape index (κ1) is 14.2. The van der Waals surface area contributed by atoms with Crippen molar-refractivity contribution in [2.24, 2.45) is 0 Å². The Bertz CT molecular complexity index is 275. The molecule has 0 aromatic heterocycles. The zero-order chi connectivity index (χ0) is 12.3. The second kappa shape index (κ2) is 9.16. The Morgan fingerprint density at radius 1 is 1.12 bits per heavy atom. The van der Waals surface area contributed by atoms with Crippen molar-refractivity contribution in [1.29, 1.82) is 0 Å². The Kier molecular flexibility index (Phi) is 7.63. The third kappa shape index (κ3) is 7.91. The molecule has 1 rings (SSSR count). The molecule has 0 amide bonds. The summed E-state index contributed by atoms with van der Waals surface area (Å²) in [6.45, 7) is 4.61. The van der Waals surface area contributed by atoms with Crippen LogP contribution in [0.25, 0.3) is 0 Å². The Morgan fingerprint density at radius 2 is 1.88 bits per heavy atom. The monoisotopic (exact) mass is 236 g/mol. The summed E-state index contributed by atoms with van der Waals surface area (Å²) in [6.07, 6.45) is 1.19. The molecule has 0 unspecified atom stereocenters. The van der Waals surface area contributed by atoms with Gasteiger partial charge in [-0.05, 0) is 39.2 Å². The fraction of sp³-hybridized carbons (Fsp3) is 0.571. The number of hydrogen-bond donors (Lipinski definition) is 1. The van der Waals surface area contributed by atoms with Gasteiger partial charge in [0.15, 0.2) is 0 Å². The number of hydrogen-bond acceptors (Lipinski definition) is 3. The van der Waals surface area contributed by atoms with E-state index < -0.39 is 0 Å². The van der Waals surface area contributed by atoms with Crippen LogP contribution in [-0.4, -0.2) is 45.2 Å². The minimum atomic E-state index is 0.709. The Labute approximate surface area is 105 Å². The molecule has 3 nitrogen and oxygen atoms in total. The number of rotatable bonds is 9. The molecule has 0 spiro atoms. The summed E-state index contributed by atoms with van der Waals surface area (Å²) in [7, 11) is 4.20. The van der Waals surface area contributed by atoms with Crippen molar-refractivity contribution >= 4 is 0 Å². The lowest BCUT2D eigenvalue weighted by atomic mass is 10.2. The second-order valence-corrected chi connectivity index (χ2v) is 4.45. The highest BCUT2D eigenvalue weighted by molar-refractivity contribution is 5.13. The molecule has 17 heavy (non-hydrogen) atoms. The van der Waals surface area contributed by atoms with Gasteiger partial charge in [-0.25, -0.2) is 0 Å². The summed E-state index contributed by atoms with van der Waals surface area (Å²) < 4.78 is 5.57. The lowest BCUT2D eigenvalue weighted by Gasteiger charge is -2.10. The zero-order valence-corrected chi connectivity index (χ0v) is 11.0. The van der Waals surface area contributed by atoms with E-state index in [2.05, 4.69) is 36.4 Å². The normalized spacial score (nSPS) is 11.0. The average molecular weight is 236 g/mol. The van der Waals surface area contributed by atoms with Gasteiger partial charge < -0.3 is 15.0 Å². The van der Waals surface area contributed by atoms with Crippen molar-refractivity contribution in [2.75, 3.05) is 40.3 Å². The second-order valence-electron chi connectivity index (χ2n) is 4.45. The number of nitrogens with one attached hydrogen (secondary N) is 1. The van der Waals surface area contributed by atoms with Gasteiger partial charge in [-0.15, -0.1) is 0 Å². The number of nitrogens with zero attached hydrogens (tertiary/aromatic N) is 1. The molecule has 0 fully saturated rings. The van der Waals surface area contributed by atoms with E-state index in [9.17, 15) is 0 Å². The third-order valence-electron chi connectivity index (χ3n) is 2.49. The molecule has 1 N–H and O–H groups in total. The van der Waals surface area contributed by atoms with E-state index in [4.69, 9.17) is 4.74 Å². The first-order valence-electron chi connectivity index (χ1n) is 6.26. The van der Waals surface area contributed by atoms with Crippen LogP contribution in [0.3, 0.4) is 0 Å². The van der Waals surface area contributed by atoms with Crippen molar-refractivity contribution in [1.82, 2.24) is 10.2 Å². The van der Waals surface area contributed by atoms with E-state index in [1.807, 2.05) is 18.2 Å². The van der Waals surface area contributed by atoms with Gasteiger partial charge in [-0.1, -0.05) is 30.3 Å². The first-order valence-corrected chi connectivity index (χ1v) is 6.26. The van der Waals surface area contributed by atoms with Crippen LogP contribution in [0, 0.1) is 0 Å². The zero-order valence-electron chi connectivity index (χ0n) is 11.0. The van der Waals surface area contributed by atoms with Crippen molar-refractivity contribution in [3.63, 3.8) is 0 Å². The predicted molar refractivity (Wildman–Crippen MR) is 72.1 cm³/mol. The summed E-state index contributed by atoms with van der Waals surface area (Å²) in [5, 5.41) is 3.38. The molecule has 0 heterocycles. The number of ether oxygens (including phenoxy) is 1. The topological polar surface area (TPSA) is 24.5 Å².